The van der Waals surface area contributed by atoms with E-state index in [0.717, 1.165) is 0 Å². The Morgan fingerprint density at radius 2 is 0.773 bits per heavy atom. The molecular weight excluding hydrogens is 391 g/mol. The first-order chi connectivity index (χ1) is 10.1. The summed E-state index contributed by atoms with van der Waals surface area (Å²) in [5, 5.41) is 0. The Bertz CT molecular complexity index is 423. The van der Waals surface area contributed by atoms with Gasteiger partial charge in [-0.3, -0.25) is 0 Å². The van der Waals surface area contributed by atoms with Crippen LogP contribution in [-0.4, -0.2) is 56.1 Å². The van der Waals surface area contributed by atoms with Crippen LogP contribution in [0.2, 0.25) is 12.5 Å². The monoisotopic (exact) mass is 412 g/mol. The molecule has 0 aliphatic rings. The van der Waals surface area contributed by atoms with Crippen molar-refractivity contribution in [2.45, 2.75) is 52.6 Å². The second-order valence-electron chi connectivity index (χ2n) is 5.73. The van der Waals surface area contributed by atoms with E-state index in [2.05, 4.69) is 0 Å². The molecule has 0 atom stereocenters. The zero-order valence-electron chi connectivity index (χ0n) is 13.3. The Morgan fingerprint density at radius 3 is 0.955 bits per heavy atom. The van der Waals surface area contributed by atoms with Crippen molar-refractivity contribution in [2.24, 2.45) is 0 Å². The SMILES string of the molecule is CC(=O)CC(=O)[CH2][In]([CH2]C(=O)CC(C)=O)[CH2]C(=O)CC(C)=O. The number of carbonyl (C=O) groups excluding carboxylic acids is 6. The van der Waals surface area contributed by atoms with Crippen molar-refractivity contribution in [3.63, 3.8) is 0 Å². The Kier molecular flexibility index (Phi) is 10.1. The fourth-order valence-corrected chi connectivity index (χ4v) is 10.2. The predicted molar refractivity (Wildman–Crippen MR) is 81.1 cm³/mol. The molecule has 22 heavy (non-hydrogen) atoms. The molecule has 0 bridgehead atoms. The molecule has 0 aromatic rings. The summed E-state index contributed by atoms with van der Waals surface area (Å²) in [7, 11) is 0. The third kappa shape index (κ3) is 11.5. The molecule has 0 fully saturated rings. The molecular formula is C15H21InO6. The van der Waals surface area contributed by atoms with Crippen LogP contribution in [0.1, 0.15) is 40.0 Å². The summed E-state index contributed by atoms with van der Waals surface area (Å²) in [4.78, 5) is 68.1. The molecule has 0 radical (unpaired) electrons. The molecule has 0 saturated heterocycles. The average Bonchev–Trinajstić information content (AvgIpc) is 2.23. The van der Waals surface area contributed by atoms with Gasteiger partial charge in [0.2, 0.25) is 0 Å². The van der Waals surface area contributed by atoms with Crippen LogP contribution in [-0.2, 0) is 28.8 Å². The quantitative estimate of drug-likeness (QED) is 0.446. The third-order valence-electron chi connectivity index (χ3n) is 2.89. The van der Waals surface area contributed by atoms with Crippen LogP contribution in [0.4, 0.5) is 0 Å². The molecule has 0 rings (SSSR count). The maximum absolute atomic E-state index is 11.7. The van der Waals surface area contributed by atoms with Crippen molar-refractivity contribution < 1.29 is 28.8 Å². The molecule has 6 nitrogen and oxygen atoms in total. The minimum atomic E-state index is -2.87. The van der Waals surface area contributed by atoms with Crippen LogP contribution in [0.25, 0.3) is 0 Å². The van der Waals surface area contributed by atoms with E-state index >= 15 is 0 Å². The second-order valence-corrected chi connectivity index (χ2v) is 14.2. The standard InChI is InChI=1S/3C5H7O2.In/c3*1-4(6)3-5(2)7;/h3*1,3H2,2H3;. The van der Waals surface area contributed by atoms with Gasteiger partial charge in [0.25, 0.3) is 0 Å². The molecule has 0 aliphatic heterocycles. The van der Waals surface area contributed by atoms with Crippen LogP contribution in [0.15, 0.2) is 0 Å². The van der Waals surface area contributed by atoms with Crippen LogP contribution >= 0.6 is 0 Å². The van der Waals surface area contributed by atoms with E-state index in [0.29, 0.717) is 0 Å². The second kappa shape index (κ2) is 10.6. The van der Waals surface area contributed by atoms with E-state index in [1.54, 1.807) is 0 Å². The summed E-state index contributed by atoms with van der Waals surface area (Å²) in [6, 6.07) is 0. The van der Waals surface area contributed by atoms with Gasteiger partial charge in [-0.05, 0) is 0 Å². The van der Waals surface area contributed by atoms with Crippen molar-refractivity contribution in [3.8, 4) is 0 Å². The van der Waals surface area contributed by atoms with Gasteiger partial charge in [0.15, 0.2) is 0 Å². The van der Waals surface area contributed by atoms with Gasteiger partial charge in [-0.25, -0.2) is 0 Å². The number of hydrogen-bond donors (Lipinski definition) is 0. The van der Waals surface area contributed by atoms with Crippen molar-refractivity contribution in [2.75, 3.05) is 0 Å². The fraction of sp³-hybridized carbons (Fsp3) is 0.600. The Balaban J connectivity index is 4.74. The number of ketones is 6. The van der Waals surface area contributed by atoms with Gasteiger partial charge in [0.1, 0.15) is 0 Å². The zero-order chi connectivity index (χ0) is 17.3. The van der Waals surface area contributed by atoms with E-state index < -0.39 is 21.4 Å². The van der Waals surface area contributed by atoms with Gasteiger partial charge < -0.3 is 0 Å². The van der Waals surface area contributed by atoms with Crippen molar-refractivity contribution in [1.82, 2.24) is 0 Å². The topological polar surface area (TPSA) is 102 Å². The summed E-state index contributed by atoms with van der Waals surface area (Å²) in [6.45, 7) is 3.93. The van der Waals surface area contributed by atoms with Gasteiger partial charge in [-0.1, -0.05) is 0 Å². The normalized spacial score (nSPS) is 9.95. The number of Topliss-reactive ketones (excluding diaryl/α,β-unsaturated/α-hetero) is 6. The molecule has 0 N–H and O–H groups in total. The first kappa shape index (κ1) is 20.9. The van der Waals surface area contributed by atoms with E-state index in [1.807, 2.05) is 0 Å². The first-order valence-corrected chi connectivity index (χ1v) is 14.1. The van der Waals surface area contributed by atoms with E-state index in [1.165, 1.54) is 20.8 Å². The van der Waals surface area contributed by atoms with Gasteiger partial charge >= 0.3 is 137 Å². The van der Waals surface area contributed by atoms with Gasteiger partial charge in [-0.15, -0.1) is 0 Å². The van der Waals surface area contributed by atoms with Crippen LogP contribution in [0, 0.1) is 0 Å². The van der Waals surface area contributed by atoms with E-state index in [4.69, 9.17) is 0 Å². The molecule has 0 aromatic heterocycles. The molecule has 0 saturated carbocycles. The van der Waals surface area contributed by atoms with Crippen molar-refractivity contribution in [1.29, 1.82) is 0 Å². The van der Waals surface area contributed by atoms with Crippen LogP contribution in [0.3, 0.4) is 0 Å². The van der Waals surface area contributed by atoms with Crippen LogP contribution < -0.4 is 0 Å². The Morgan fingerprint density at radius 1 is 0.545 bits per heavy atom. The minimum absolute atomic E-state index is 0.133. The Labute approximate surface area is 137 Å². The van der Waals surface area contributed by atoms with Gasteiger partial charge in [0, 0.05) is 0 Å². The first-order valence-electron chi connectivity index (χ1n) is 7.13. The van der Waals surface area contributed by atoms with Crippen LogP contribution in [0.5, 0.6) is 0 Å². The molecule has 0 unspecified atom stereocenters. The number of hydrogen-bond acceptors (Lipinski definition) is 6. The average molecular weight is 412 g/mol. The molecule has 120 valence electrons. The summed E-state index contributed by atoms with van der Waals surface area (Å²) in [5.41, 5.74) is 0. The van der Waals surface area contributed by atoms with E-state index in [-0.39, 0.29) is 66.5 Å². The van der Waals surface area contributed by atoms with E-state index in [9.17, 15) is 28.8 Å². The zero-order valence-corrected chi connectivity index (χ0v) is 16.6. The predicted octanol–water partition coefficient (Wildman–Crippen LogP) is 1.13. The maximum atomic E-state index is 11.7. The molecule has 0 amide bonds. The third-order valence-corrected chi connectivity index (χ3v) is 11.7. The summed E-state index contributed by atoms with van der Waals surface area (Å²) in [5.74, 6) is -1.50. The summed E-state index contributed by atoms with van der Waals surface area (Å²) < 4.78 is 0.400. The molecule has 0 spiro atoms. The van der Waals surface area contributed by atoms with Gasteiger partial charge in [0.05, 0.1) is 0 Å². The molecule has 0 aromatic carbocycles. The molecule has 0 heterocycles. The number of rotatable bonds is 12. The molecule has 0 aliphatic carbocycles. The summed E-state index contributed by atoms with van der Waals surface area (Å²) >= 11 is -2.87. The summed E-state index contributed by atoms with van der Waals surface area (Å²) in [6.07, 6.45) is -0.556. The Hall–Kier alpha value is -1.11. The van der Waals surface area contributed by atoms with Crippen molar-refractivity contribution in [3.05, 3.63) is 0 Å². The van der Waals surface area contributed by atoms with Gasteiger partial charge in [-0.2, -0.15) is 0 Å². The fourth-order valence-electron chi connectivity index (χ4n) is 2.23. The molecule has 7 heteroatoms. The number of carbonyl (C=O) groups is 6. The van der Waals surface area contributed by atoms with Crippen molar-refractivity contribution >= 4 is 56.1 Å².